The number of benzene rings is 1. The van der Waals surface area contributed by atoms with E-state index in [1.807, 2.05) is 24.3 Å². The first kappa shape index (κ1) is 14.9. The normalized spacial score (nSPS) is 17.7. The number of amides is 1. The van der Waals surface area contributed by atoms with Crippen molar-refractivity contribution < 1.29 is 4.79 Å². The zero-order chi connectivity index (χ0) is 15.5. The minimum absolute atomic E-state index is 0.0898. The number of hydrogen-bond donors (Lipinski definition) is 1. The number of nitrogens with zero attached hydrogens (tertiary/aromatic N) is 1. The van der Waals surface area contributed by atoms with Crippen LogP contribution in [0.3, 0.4) is 0 Å². The molecule has 1 fully saturated rings. The van der Waals surface area contributed by atoms with Crippen LogP contribution in [0.4, 0.5) is 0 Å². The summed E-state index contributed by atoms with van der Waals surface area (Å²) in [6, 6.07) is 11.0. The van der Waals surface area contributed by atoms with Gasteiger partial charge in [-0.05, 0) is 43.0 Å². The van der Waals surface area contributed by atoms with E-state index < -0.39 is 0 Å². The lowest BCUT2D eigenvalue weighted by Crippen LogP contribution is -2.39. The summed E-state index contributed by atoms with van der Waals surface area (Å²) in [5.41, 5.74) is 0.903. The Balaban J connectivity index is 1.82. The molecule has 1 aromatic carbocycles. The van der Waals surface area contributed by atoms with Crippen LogP contribution in [0, 0.1) is 0 Å². The summed E-state index contributed by atoms with van der Waals surface area (Å²) in [7, 11) is 0. The third-order valence-corrected chi connectivity index (χ3v) is 4.47. The van der Waals surface area contributed by atoms with Crippen molar-refractivity contribution in [3.05, 3.63) is 69.1 Å². The molecule has 1 aliphatic heterocycles. The fourth-order valence-corrected chi connectivity index (χ4v) is 3.19. The smallest absolute Gasteiger partial charge is 0.260 e. The second kappa shape index (κ2) is 6.36. The van der Waals surface area contributed by atoms with Gasteiger partial charge in [0.15, 0.2) is 0 Å². The number of aromatic nitrogens is 1. The highest BCUT2D eigenvalue weighted by Crippen LogP contribution is 2.25. The van der Waals surface area contributed by atoms with Gasteiger partial charge in [-0.15, -0.1) is 0 Å². The Labute approximate surface area is 133 Å². The van der Waals surface area contributed by atoms with Crippen molar-refractivity contribution in [3.8, 4) is 0 Å². The minimum Gasteiger partial charge on any atom is -0.335 e. The maximum Gasteiger partial charge on any atom is 0.260 e. The lowest BCUT2D eigenvalue weighted by Gasteiger charge is -2.25. The Kier molecular flexibility index (Phi) is 4.29. The number of H-pyrrole nitrogens is 1. The van der Waals surface area contributed by atoms with Crippen LogP contribution in [0.15, 0.2) is 47.4 Å². The van der Waals surface area contributed by atoms with E-state index in [1.54, 1.807) is 17.0 Å². The SMILES string of the molecule is O=C(c1ccc[nH]c1=O)N1CCC[C@H]1Cc1ccccc1Cl. The van der Waals surface area contributed by atoms with Crippen LogP contribution in [-0.2, 0) is 6.42 Å². The third kappa shape index (κ3) is 2.92. The van der Waals surface area contributed by atoms with Crippen molar-refractivity contribution in [1.82, 2.24) is 9.88 Å². The molecule has 4 nitrogen and oxygen atoms in total. The molecule has 0 saturated carbocycles. The van der Waals surface area contributed by atoms with Crippen molar-refractivity contribution in [2.75, 3.05) is 6.54 Å². The number of hydrogen-bond acceptors (Lipinski definition) is 2. The molecule has 0 radical (unpaired) electrons. The highest BCUT2D eigenvalue weighted by molar-refractivity contribution is 6.31. The van der Waals surface area contributed by atoms with E-state index in [4.69, 9.17) is 11.6 Å². The average Bonchev–Trinajstić information content (AvgIpc) is 2.98. The molecule has 1 atom stereocenters. The molecule has 3 rings (SSSR count). The highest BCUT2D eigenvalue weighted by Gasteiger charge is 2.30. The molecule has 2 heterocycles. The average molecular weight is 317 g/mol. The van der Waals surface area contributed by atoms with Gasteiger partial charge < -0.3 is 9.88 Å². The number of rotatable bonds is 3. The van der Waals surface area contributed by atoms with Gasteiger partial charge in [0.05, 0.1) is 0 Å². The summed E-state index contributed by atoms with van der Waals surface area (Å²) < 4.78 is 0. The largest absolute Gasteiger partial charge is 0.335 e. The van der Waals surface area contributed by atoms with E-state index in [0.29, 0.717) is 6.54 Å². The summed E-state index contributed by atoms with van der Waals surface area (Å²) in [6.07, 6.45) is 4.13. The van der Waals surface area contributed by atoms with E-state index in [0.717, 1.165) is 29.8 Å². The number of nitrogens with one attached hydrogen (secondary N) is 1. The van der Waals surface area contributed by atoms with Crippen molar-refractivity contribution in [3.63, 3.8) is 0 Å². The molecule has 1 saturated heterocycles. The predicted molar refractivity (Wildman–Crippen MR) is 86.3 cm³/mol. The van der Waals surface area contributed by atoms with Gasteiger partial charge in [-0.1, -0.05) is 29.8 Å². The van der Waals surface area contributed by atoms with Gasteiger partial charge in [-0.25, -0.2) is 0 Å². The van der Waals surface area contributed by atoms with Crippen LogP contribution in [0.25, 0.3) is 0 Å². The lowest BCUT2D eigenvalue weighted by molar-refractivity contribution is 0.0734. The maximum atomic E-state index is 12.6. The van der Waals surface area contributed by atoms with Crippen LogP contribution < -0.4 is 5.56 Å². The first-order valence-corrected chi connectivity index (χ1v) is 7.76. The second-order valence-corrected chi connectivity index (χ2v) is 5.91. The van der Waals surface area contributed by atoms with E-state index in [-0.39, 0.29) is 23.1 Å². The van der Waals surface area contributed by atoms with Crippen molar-refractivity contribution in [1.29, 1.82) is 0 Å². The molecule has 1 amide bonds. The molecule has 1 N–H and O–H groups in total. The molecule has 1 aromatic heterocycles. The van der Waals surface area contributed by atoms with Crippen LogP contribution in [-0.4, -0.2) is 28.4 Å². The predicted octanol–water partition coefficient (Wildman–Crippen LogP) is 2.88. The number of likely N-dealkylation sites (tertiary alicyclic amines) is 1. The quantitative estimate of drug-likeness (QED) is 0.946. The molecule has 0 spiro atoms. The fraction of sp³-hybridized carbons (Fsp3) is 0.294. The number of aromatic amines is 1. The molecule has 0 unspecified atom stereocenters. The lowest BCUT2D eigenvalue weighted by atomic mass is 10.0. The van der Waals surface area contributed by atoms with Gasteiger partial charge in [-0.2, -0.15) is 0 Å². The van der Waals surface area contributed by atoms with Gasteiger partial charge >= 0.3 is 0 Å². The molecule has 22 heavy (non-hydrogen) atoms. The van der Waals surface area contributed by atoms with E-state index >= 15 is 0 Å². The number of halogens is 1. The number of pyridine rings is 1. The summed E-state index contributed by atoms with van der Waals surface area (Å²) in [4.78, 5) is 28.8. The summed E-state index contributed by atoms with van der Waals surface area (Å²) in [6.45, 7) is 0.683. The molecule has 2 aromatic rings. The van der Waals surface area contributed by atoms with Gasteiger partial charge in [0, 0.05) is 23.8 Å². The molecule has 0 aliphatic carbocycles. The monoisotopic (exact) mass is 316 g/mol. The Morgan fingerprint density at radius 1 is 1.27 bits per heavy atom. The molecule has 0 bridgehead atoms. The van der Waals surface area contributed by atoms with Crippen LogP contribution in [0.2, 0.25) is 5.02 Å². The number of carbonyl (C=O) groups excluding carboxylic acids is 1. The highest BCUT2D eigenvalue weighted by atomic mass is 35.5. The van der Waals surface area contributed by atoms with Crippen molar-refractivity contribution in [2.24, 2.45) is 0 Å². The van der Waals surface area contributed by atoms with Crippen LogP contribution >= 0.6 is 11.6 Å². The van der Waals surface area contributed by atoms with E-state index in [9.17, 15) is 9.59 Å². The minimum atomic E-state index is -0.337. The van der Waals surface area contributed by atoms with Gasteiger partial charge in [-0.3, -0.25) is 9.59 Å². The Morgan fingerprint density at radius 3 is 2.86 bits per heavy atom. The van der Waals surface area contributed by atoms with E-state index in [1.165, 1.54) is 6.20 Å². The summed E-state index contributed by atoms with van der Waals surface area (Å²) in [5, 5.41) is 0.722. The van der Waals surface area contributed by atoms with Crippen molar-refractivity contribution >= 4 is 17.5 Å². The first-order chi connectivity index (χ1) is 10.7. The van der Waals surface area contributed by atoms with E-state index in [2.05, 4.69) is 4.98 Å². The summed E-state index contributed by atoms with van der Waals surface area (Å²) in [5.74, 6) is -0.198. The zero-order valence-electron chi connectivity index (χ0n) is 12.1. The molecular formula is C17H17ClN2O2. The van der Waals surface area contributed by atoms with Gasteiger partial charge in [0.2, 0.25) is 0 Å². The van der Waals surface area contributed by atoms with Gasteiger partial charge in [0.25, 0.3) is 11.5 Å². The number of carbonyl (C=O) groups is 1. The van der Waals surface area contributed by atoms with Gasteiger partial charge in [0.1, 0.15) is 5.56 Å². The fourth-order valence-electron chi connectivity index (χ4n) is 2.98. The Morgan fingerprint density at radius 2 is 2.09 bits per heavy atom. The molecule has 1 aliphatic rings. The maximum absolute atomic E-state index is 12.6. The third-order valence-electron chi connectivity index (χ3n) is 4.10. The standard InChI is InChI=1S/C17H17ClN2O2/c18-15-8-2-1-5-12(15)11-13-6-4-10-20(13)17(22)14-7-3-9-19-16(14)21/h1-3,5,7-9,13H,4,6,10-11H2,(H,19,21)/t13-/m0/s1. The molecule has 5 heteroatoms. The first-order valence-electron chi connectivity index (χ1n) is 7.39. The Hall–Kier alpha value is -2.07. The summed E-state index contributed by atoms with van der Waals surface area (Å²) >= 11 is 6.21. The molecular weight excluding hydrogens is 300 g/mol. The van der Waals surface area contributed by atoms with Crippen LogP contribution in [0.1, 0.15) is 28.8 Å². The topological polar surface area (TPSA) is 53.2 Å². The molecule has 114 valence electrons. The van der Waals surface area contributed by atoms with Crippen LogP contribution in [0.5, 0.6) is 0 Å². The second-order valence-electron chi connectivity index (χ2n) is 5.50. The zero-order valence-corrected chi connectivity index (χ0v) is 12.8. The van der Waals surface area contributed by atoms with Crippen molar-refractivity contribution in [2.45, 2.75) is 25.3 Å². The Bertz CT molecular complexity index is 741.